The summed E-state index contributed by atoms with van der Waals surface area (Å²) in [5.74, 6) is -3.75. The molecule has 0 bridgehead atoms. The molecule has 2 aromatic heterocycles. The largest absolute Gasteiger partial charge is 0.465 e. The van der Waals surface area contributed by atoms with E-state index in [0.717, 1.165) is 20.5 Å². The van der Waals surface area contributed by atoms with Crippen LogP contribution in [0.2, 0.25) is 0 Å². The molecule has 0 unspecified atom stereocenters. The molecule has 3 rings (SSSR count). The third kappa shape index (κ3) is 6.82. The Morgan fingerprint density at radius 2 is 2.03 bits per heavy atom. The molecule has 176 valence electrons. The highest BCUT2D eigenvalue weighted by Crippen LogP contribution is 2.22. The summed E-state index contributed by atoms with van der Waals surface area (Å²) in [5.41, 5.74) is 0.632. The number of benzene rings is 1. The van der Waals surface area contributed by atoms with Crippen LogP contribution >= 0.6 is 27.3 Å². The highest BCUT2D eigenvalue weighted by molar-refractivity contribution is 9.10. The van der Waals surface area contributed by atoms with Crippen LogP contribution in [0.15, 0.2) is 38.3 Å². The minimum absolute atomic E-state index is 0.0696. The Balaban J connectivity index is 1.81. The van der Waals surface area contributed by atoms with Crippen LogP contribution in [0, 0.1) is 6.92 Å². The number of thiazole rings is 1. The SMILES string of the molecule is CCOC(=O)Cn1c(=NC(=O)CS(=O)(=O)CC(=O)Nc2cc(C)on2)sc2cc(Br)ccc21. The molecule has 1 N–H and O–H groups in total. The number of fused-ring (bicyclic) bond motifs is 1. The number of nitrogens with one attached hydrogen (secondary N) is 1. The first-order chi connectivity index (χ1) is 15.6. The molecule has 0 aliphatic heterocycles. The van der Waals surface area contributed by atoms with E-state index in [1.807, 2.05) is 0 Å². The Morgan fingerprint density at radius 1 is 1.27 bits per heavy atom. The zero-order chi connectivity index (χ0) is 24.2. The second-order valence-electron chi connectivity index (χ2n) is 6.80. The summed E-state index contributed by atoms with van der Waals surface area (Å²) in [6.45, 7) is 3.27. The number of anilines is 1. The smallest absolute Gasteiger partial charge is 0.326 e. The lowest BCUT2D eigenvalue weighted by atomic mass is 10.3. The summed E-state index contributed by atoms with van der Waals surface area (Å²) in [5, 5.41) is 5.83. The summed E-state index contributed by atoms with van der Waals surface area (Å²) < 4.78 is 37.4. The van der Waals surface area contributed by atoms with Gasteiger partial charge in [0, 0.05) is 10.5 Å². The molecule has 2 amide bonds. The van der Waals surface area contributed by atoms with Crippen molar-refractivity contribution >= 4 is 70.9 Å². The summed E-state index contributed by atoms with van der Waals surface area (Å²) in [7, 11) is -4.11. The summed E-state index contributed by atoms with van der Waals surface area (Å²) >= 11 is 4.48. The molecule has 0 spiro atoms. The van der Waals surface area contributed by atoms with Gasteiger partial charge >= 0.3 is 5.97 Å². The number of carbonyl (C=O) groups excluding carboxylic acids is 3. The van der Waals surface area contributed by atoms with Crippen LogP contribution in [0.3, 0.4) is 0 Å². The zero-order valence-electron chi connectivity index (χ0n) is 17.5. The predicted octanol–water partition coefficient (Wildman–Crippen LogP) is 1.81. The first kappa shape index (κ1) is 24.8. The van der Waals surface area contributed by atoms with E-state index in [0.29, 0.717) is 11.3 Å². The third-order valence-electron chi connectivity index (χ3n) is 4.05. The number of esters is 1. The number of aromatic nitrogens is 2. The Morgan fingerprint density at radius 3 is 2.70 bits per heavy atom. The lowest BCUT2D eigenvalue weighted by molar-refractivity contribution is -0.143. The highest BCUT2D eigenvalue weighted by Gasteiger charge is 2.22. The maximum atomic E-state index is 12.4. The van der Waals surface area contributed by atoms with Gasteiger partial charge in [-0.2, -0.15) is 4.99 Å². The number of rotatable bonds is 8. The monoisotopic (exact) mass is 558 g/mol. The van der Waals surface area contributed by atoms with Crippen molar-refractivity contribution in [1.82, 2.24) is 9.72 Å². The van der Waals surface area contributed by atoms with Crippen LogP contribution in [0.5, 0.6) is 0 Å². The van der Waals surface area contributed by atoms with Crippen molar-refractivity contribution in [3.8, 4) is 0 Å². The van der Waals surface area contributed by atoms with Gasteiger partial charge in [-0.3, -0.25) is 14.4 Å². The maximum Gasteiger partial charge on any atom is 0.326 e. The number of halogens is 1. The first-order valence-electron chi connectivity index (χ1n) is 9.52. The molecule has 0 atom stereocenters. The van der Waals surface area contributed by atoms with E-state index in [-0.39, 0.29) is 23.8 Å². The zero-order valence-corrected chi connectivity index (χ0v) is 20.8. The van der Waals surface area contributed by atoms with Gasteiger partial charge in [-0.1, -0.05) is 32.4 Å². The highest BCUT2D eigenvalue weighted by atomic mass is 79.9. The molecular weight excluding hydrogens is 540 g/mol. The Labute approximate surface area is 200 Å². The minimum atomic E-state index is -4.11. The van der Waals surface area contributed by atoms with Crippen LogP contribution in [-0.2, 0) is 35.5 Å². The van der Waals surface area contributed by atoms with Crippen LogP contribution in [0.25, 0.3) is 10.2 Å². The van der Waals surface area contributed by atoms with Gasteiger partial charge in [0.1, 0.15) is 23.8 Å². The average molecular weight is 559 g/mol. The normalized spacial score (nSPS) is 12.2. The molecular formula is C19H19BrN4O7S2. The van der Waals surface area contributed by atoms with Crippen molar-refractivity contribution in [3.63, 3.8) is 0 Å². The number of ether oxygens (including phenoxy) is 1. The van der Waals surface area contributed by atoms with E-state index in [4.69, 9.17) is 9.26 Å². The minimum Gasteiger partial charge on any atom is -0.465 e. The van der Waals surface area contributed by atoms with Crippen molar-refractivity contribution in [2.45, 2.75) is 20.4 Å². The van der Waals surface area contributed by atoms with Crippen LogP contribution in [0.1, 0.15) is 12.7 Å². The van der Waals surface area contributed by atoms with Crippen molar-refractivity contribution in [1.29, 1.82) is 0 Å². The number of hydrogen-bond acceptors (Lipinski definition) is 9. The lowest BCUT2D eigenvalue weighted by Gasteiger charge is -2.05. The number of sulfone groups is 1. The molecule has 0 aliphatic carbocycles. The first-order valence-corrected chi connectivity index (χ1v) is 12.9. The number of nitrogens with zero attached hydrogens (tertiary/aromatic N) is 3. The standard InChI is InChI=1S/C19H19BrN4O7S2/c1-3-30-18(27)8-24-13-5-4-12(20)7-14(13)32-19(24)22-17(26)10-33(28,29)9-16(25)21-15-6-11(2)31-23-15/h4-7H,3,8-10H2,1-2H3,(H,21,23,25). The van der Waals surface area contributed by atoms with E-state index in [1.54, 1.807) is 32.0 Å². The van der Waals surface area contributed by atoms with Crippen molar-refractivity contribution in [2.24, 2.45) is 4.99 Å². The fourth-order valence-corrected chi connectivity index (χ4v) is 5.42. The van der Waals surface area contributed by atoms with Crippen molar-refractivity contribution < 1.29 is 32.1 Å². The van der Waals surface area contributed by atoms with Gasteiger partial charge in [-0.15, -0.1) is 0 Å². The van der Waals surface area contributed by atoms with E-state index < -0.39 is 39.1 Å². The lowest BCUT2D eigenvalue weighted by Crippen LogP contribution is -2.28. The molecule has 0 saturated carbocycles. The predicted molar refractivity (Wildman–Crippen MR) is 123 cm³/mol. The van der Waals surface area contributed by atoms with Crippen LogP contribution < -0.4 is 10.1 Å². The molecule has 0 fully saturated rings. The second-order valence-corrected chi connectivity index (χ2v) is 10.8. The molecule has 2 heterocycles. The average Bonchev–Trinajstić information content (AvgIpc) is 3.23. The van der Waals surface area contributed by atoms with Crippen LogP contribution in [-0.4, -0.2) is 54.0 Å². The van der Waals surface area contributed by atoms with Gasteiger partial charge in [0.2, 0.25) is 5.91 Å². The summed E-state index contributed by atoms with van der Waals surface area (Å²) in [4.78, 5) is 40.5. The fourth-order valence-electron chi connectivity index (χ4n) is 2.80. The van der Waals surface area contributed by atoms with E-state index in [9.17, 15) is 22.8 Å². The van der Waals surface area contributed by atoms with Gasteiger partial charge in [0.15, 0.2) is 20.5 Å². The van der Waals surface area contributed by atoms with Gasteiger partial charge in [0.25, 0.3) is 5.91 Å². The molecule has 0 aliphatic rings. The molecule has 0 radical (unpaired) electrons. The molecule has 14 heteroatoms. The fraction of sp³-hybridized carbons (Fsp3) is 0.316. The Hall–Kier alpha value is -2.84. The molecule has 3 aromatic rings. The Bertz CT molecular complexity index is 1390. The molecule has 0 saturated heterocycles. The number of carbonyl (C=O) groups is 3. The van der Waals surface area contributed by atoms with Crippen molar-refractivity contribution in [3.05, 3.63) is 39.3 Å². The number of aryl methyl sites for hydroxylation is 1. The van der Waals surface area contributed by atoms with Gasteiger partial charge in [-0.25, -0.2) is 8.42 Å². The topological polar surface area (TPSA) is 150 Å². The summed E-state index contributed by atoms with van der Waals surface area (Å²) in [6, 6.07) is 6.72. The second kappa shape index (κ2) is 10.4. The third-order valence-corrected chi connectivity index (χ3v) is 6.97. The van der Waals surface area contributed by atoms with Crippen LogP contribution in [0.4, 0.5) is 5.82 Å². The number of hydrogen-bond donors (Lipinski definition) is 1. The molecule has 11 nitrogen and oxygen atoms in total. The molecule has 33 heavy (non-hydrogen) atoms. The van der Waals surface area contributed by atoms with E-state index in [1.165, 1.54) is 10.6 Å². The van der Waals surface area contributed by atoms with Gasteiger partial charge in [-0.05, 0) is 32.0 Å². The quantitative estimate of drug-likeness (QED) is 0.411. The Kier molecular flexibility index (Phi) is 7.81. The van der Waals surface area contributed by atoms with E-state index in [2.05, 4.69) is 31.4 Å². The summed E-state index contributed by atoms with van der Waals surface area (Å²) in [6.07, 6.45) is 0. The van der Waals surface area contributed by atoms with Crippen molar-refractivity contribution in [2.75, 3.05) is 23.4 Å². The van der Waals surface area contributed by atoms with E-state index >= 15 is 0 Å². The van der Waals surface area contributed by atoms with Gasteiger partial charge in [0.05, 0.1) is 16.8 Å². The van der Waals surface area contributed by atoms with Gasteiger partial charge < -0.3 is 19.1 Å². The number of amides is 2. The molecule has 1 aromatic carbocycles. The maximum absolute atomic E-state index is 12.4.